The lowest BCUT2D eigenvalue weighted by molar-refractivity contribution is -0.0459. The third-order valence-corrected chi connectivity index (χ3v) is 5.40. The minimum absolute atomic E-state index is 0.0789. The first-order valence-electron chi connectivity index (χ1n) is 7.74. The summed E-state index contributed by atoms with van der Waals surface area (Å²) in [5, 5.41) is 38.2. The predicted octanol–water partition coefficient (Wildman–Crippen LogP) is -1.65. The van der Waals surface area contributed by atoms with Gasteiger partial charge in [-0.2, -0.15) is 29.4 Å². The van der Waals surface area contributed by atoms with Gasteiger partial charge in [-0.3, -0.25) is 4.57 Å². The zero-order valence-electron chi connectivity index (χ0n) is 13.4. The van der Waals surface area contributed by atoms with Crippen LogP contribution in [0, 0.1) is 0 Å². The van der Waals surface area contributed by atoms with Crippen LogP contribution < -0.4 is 11.4 Å². The summed E-state index contributed by atoms with van der Waals surface area (Å²) in [6.07, 6.45) is -2.49. The van der Waals surface area contributed by atoms with E-state index < -0.39 is 36.3 Å². The van der Waals surface area contributed by atoms with Crippen molar-refractivity contribution in [1.29, 1.82) is 0 Å². The van der Waals surface area contributed by atoms with Crippen LogP contribution in [0.2, 0.25) is 0 Å². The van der Waals surface area contributed by atoms with Crippen molar-refractivity contribution in [3.8, 4) is 0 Å². The Hall–Kier alpha value is -0.820. The third kappa shape index (κ3) is 5.09. The summed E-state index contributed by atoms with van der Waals surface area (Å²) in [5.74, 6) is 0.874. The van der Waals surface area contributed by atoms with Gasteiger partial charge in [0, 0.05) is 35.4 Å². The molecule has 1 aliphatic heterocycles. The van der Waals surface area contributed by atoms with Gasteiger partial charge in [0.15, 0.2) is 0 Å². The molecule has 9 nitrogen and oxygen atoms in total. The Balaban J connectivity index is 2.06. The molecule has 0 radical (unpaired) electrons. The van der Waals surface area contributed by atoms with E-state index in [1.54, 1.807) is 0 Å². The van der Waals surface area contributed by atoms with E-state index in [0.717, 1.165) is 0 Å². The number of aliphatic hydroxyl groups excluding tert-OH is 4. The van der Waals surface area contributed by atoms with Crippen molar-refractivity contribution in [3.05, 3.63) is 22.2 Å². The standard InChI is InChI=1S/C14H23N3O6S2/c15-13-7(5-25-6-10(21)9(20)4-24)2-17(14(22)16-13)12-1-8(19)11(3-18)23-12/h2,8-12,18-21,24H,1,3-6H2,(H2,15,16,22)/t8?,9?,10?,11-,12-/m1/s1. The quantitative estimate of drug-likeness (QED) is 0.285. The molecule has 2 heterocycles. The van der Waals surface area contributed by atoms with Crippen LogP contribution in [0.4, 0.5) is 5.82 Å². The lowest BCUT2D eigenvalue weighted by Gasteiger charge is -2.17. The van der Waals surface area contributed by atoms with Gasteiger partial charge in [0.2, 0.25) is 0 Å². The summed E-state index contributed by atoms with van der Waals surface area (Å²) >= 11 is 5.25. The molecule has 11 heteroatoms. The average Bonchev–Trinajstić information content (AvgIpc) is 2.96. The van der Waals surface area contributed by atoms with Crippen molar-refractivity contribution < 1.29 is 25.2 Å². The molecule has 0 amide bonds. The number of hydrogen-bond donors (Lipinski definition) is 6. The smallest absolute Gasteiger partial charge is 0.351 e. The van der Waals surface area contributed by atoms with Crippen molar-refractivity contribution in [2.75, 3.05) is 23.8 Å². The molecule has 6 N–H and O–H groups in total. The second kappa shape index (κ2) is 9.21. The molecule has 1 fully saturated rings. The van der Waals surface area contributed by atoms with E-state index >= 15 is 0 Å². The number of hydrogen-bond acceptors (Lipinski definition) is 10. The summed E-state index contributed by atoms with van der Waals surface area (Å²) in [6, 6.07) is 0. The minimum atomic E-state index is -0.916. The first kappa shape index (κ1) is 20.5. The van der Waals surface area contributed by atoms with Gasteiger partial charge in [-0.1, -0.05) is 0 Å². The maximum atomic E-state index is 12.1. The molecule has 0 aromatic carbocycles. The van der Waals surface area contributed by atoms with Gasteiger partial charge >= 0.3 is 5.69 Å². The van der Waals surface area contributed by atoms with Crippen molar-refractivity contribution in [2.45, 2.75) is 42.8 Å². The number of anilines is 1. The van der Waals surface area contributed by atoms with E-state index in [2.05, 4.69) is 17.6 Å². The van der Waals surface area contributed by atoms with Crippen LogP contribution in [0.3, 0.4) is 0 Å². The average molecular weight is 393 g/mol. The second-order valence-corrected chi connectivity index (χ2v) is 7.18. The number of nitrogen functional groups attached to an aromatic ring is 1. The van der Waals surface area contributed by atoms with Crippen LogP contribution in [0.15, 0.2) is 11.0 Å². The van der Waals surface area contributed by atoms with E-state index in [1.807, 2.05) is 0 Å². The zero-order valence-corrected chi connectivity index (χ0v) is 15.1. The molecule has 5 atom stereocenters. The number of nitrogens with zero attached hydrogens (tertiary/aromatic N) is 2. The normalized spacial score (nSPS) is 25.9. The number of rotatable bonds is 8. The van der Waals surface area contributed by atoms with Crippen LogP contribution >= 0.6 is 24.4 Å². The summed E-state index contributed by atoms with van der Waals surface area (Å²) in [7, 11) is 0. The second-order valence-electron chi connectivity index (χ2n) is 5.79. The van der Waals surface area contributed by atoms with Crippen LogP contribution in [0.1, 0.15) is 18.2 Å². The summed E-state index contributed by atoms with van der Waals surface area (Å²) in [4.78, 5) is 15.8. The highest BCUT2D eigenvalue weighted by molar-refractivity contribution is 7.98. The highest BCUT2D eigenvalue weighted by atomic mass is 32.2. The van der Waals surface area contributed by atoms with Crippen molar-refractivity contribution in [1.82, 2.24) is 9.55 Å². The molecule has 2 rings (SSSR count). The first-order chi connectivity index (χ1) is 11.9. The fourth-order valence-electron chi connectivity index (χ4n) is 2.41. The Labute approximate surface area is 154 Å². The molecule has 0 bridgehead atoms. The summed E-state index contributed by atoms with van der Waals surface area (Å²) < 4.78 is 6.71. The zero-order chi connectivity index (χ0) is 18.6. The number of thioether (sulfide) groups is 1. The predicted molar refractivity (Wildman–Crippen MR) is 96.6 cm³/mol. The maximum absolute atomic E-state index is 12.1. The largest absolute Gasteiger partial charge is 0.394 e. The number of ether oxygens (including phenoxy) is 1. The van der Waals surface area contributed by atoms with E-state index in [4.69, 9.17) is 15.6 Å². The van der Waals surface area contributed by atoms with Crippen LogP contribution in [0.5, 0.6) is 0 Å². The molecule has 3 unspecified atom stereocenters. The van der Waals surface area contributed by atoms with Gasteiger partial charge in [-0.05, 0) is 0 Å². The SMILES string of the molecule is Nc1nc(=O)n([C@H]2CC(O)[C@@H](CO)O2)cc1CSCC(O)C(O)CS. The molecule has 0 aliphatic carbocycles. The van der Waals surface area contributed by atoms with Gasteiger partial charge in [-0.25, -0.2) is 4.79 Å². The van der Waals surface area contributed by atoms with Gasteiger partial charge in [0.1, 0.15) is 18.1 Å². The summed E-state index contributed by atoms with van der Waals surface area (Å²) in [5.41, 5.74) is 5.75. The molecular weight excluding hydrogens is 370 g/mol. The molecule has 142 valence electrons. The third-order valence-electron chi connectivity index (χ3n) is 3.93. The van der Waals surface area contributed by atoms with Gasteiger partial charge in [-0.15, -0.1) is 0 Å². The molecule has 1 aliphatic rings. The molecule has 0 saturated carbocycles. The molecule has 0 spiro atoms. The summed E-state index contributed by atoms with van der Waals surface area (Å²) in [6.45, 7) is -0.344. The highest BCUT2D eigenvalue weighted by Crippen LogP contribution is 2.28. The van der Waals surface area contributed by atoms with Crippen molar-refractivity contribution >= 4 is 30.2 Å². The fourth-order valence-corrected chi connectivity index (χ4v) is 3.68. The maximum Gasteiger partial charge on any atom is 0.351 e. The van der Waals surface area contributed by atoms with E-state index in [-0.39, 0.29) is 30.4 Å². The Kier molecular flexibility index (Phi) is 7.55. The van der Waals surface area contributed by atoms with Crippen molar-refractivity contribution in [3.63, 3.8) is 0 Å². The monoisotopic (exact) mass is 393 g/mol. The van der Waals surface area contributed by atoms with E-state index in [9.17, 15) is 20.1 Å². The molecule has 25 heavy (non-hydrogen) atoms. The first-order valence-corrected chi connectivity index (χ1v) is 9.52. The Morgan fingerprint density at radius 2 is 2.20 bits per heavy atom. The number of thiol groups is 1. The van der Waals surface area contributed by atoms with Gasteiger partial charge in [0.05, 0.1) is 24.9 Å². The van der Waals surface area contributed by atoms with Crippen molar-refractivity contribution in [2.24, 2.45) is 0 Å². The van der Waals surface area contributed by atoms with Gasteiger partial charge in [0.25, 0.3) is 0 Å². The number of aromatic nitrogens is 2. The highest BCUT2D eigenvalue weighted by Gasteiger charge is 2.35. The van der Waals surface area contributed by atoms with Gasteiger partial charge < -0.3 is 30.9 Å². The fraction of sp³-hybridized carbons (Fsp3) is 0.714. The molecular formula is C14H23N3O6S2. The Morgan fingerprint density at radius 1 is 1.48 bits per heavy atom. The minimum Gasteiger partial charge on any atom is -0.394 e. The van der Waals surface area contributed by atoms with Crippen LogP contribution in [-0.4, -0.2) is 72.5 Å². The lowest BCUT2D eigenvalue weighted by Crippen LogP contribution is -2.30. The van der Waals surface area contributed by atoms with Crippen LogP contribution in [-0.2, 0) is 10.5 Å². The van der Waals surface area contributed by atoms with Crippen LogP contribution in [0.25, 0.3) is 0 Å². The molecule has 1 aromatic rings. The molecule has 1 saturated heterocycles. The Bertz CT molecular complexity index is 631. The number of nitrogens with two attached hydrogens (primary N) is 1. The molecule has 1 aromatic heterocycles. The lowest BCUT2D eigenvalue weighted by atomic mass is 10.2. The Morgan fingerprint density at radius 3 is 2.80 bits per heavy atom. The topological polar surface area (TPSA) is 151 Å². The van der Waals surface area contributed by atoms with E-state index in [0.29, 0.717) is 11.3 Å². The van der Waals surface area contributed by atoms with E-state index in [1.165, 1.54) is 22.5 Å². The number of aliphatic hydroxyl groups is 4.